The molecule has 1 aromatic heterocycles. The molecule has 0 saturated heterocycles. The fourth-order valence-corrected chi connectivity index (χ4v) is 0.917. The zero-order valence-electron chi connectivity index (χ0n) is 4.89. The van der Waals surface area contributed by atoms with E-state index in [0.29, 0.717) is 0 Å². The highest BCUT2D eigenvalue weighted by atomic mass is 15.1. The Labute approximate surface area is 52.8 Å². The summed E-state index contributed by atoms with van der Waals surface area (Å²) in [5.74, 6) is 0. The van der Waals surface area contributed by atoms with Crippen LogP contribution in [0, 0.1) is 0 Å². The molecule has 0 amide bonds. The number of hydrogen-bond donors (Lipinski definition) is 2. The number of aromatic amines is 1. The summed E-state index contributed by atoms with van der Waals surface area (Å²) in [7, 11) is 0. The van der Waals surface area contributed by atoms with Crippen molar-refractivity contribution >= 4 is 6.08 Å². The van der Waals surface area contributed by atoms with Crippen molar-refractivity contribution < 1.29 is 0 Å². The number of hydrogen-bond acceptors (Lipinski definition) is 2. The predicted octanol–water partition coefficient (Wildman–Crippen LogP) is 0.484. The lowest BCUT2D eigenvalue weighted by Crippen LogP contribution is -2.08. The van der Waals surface area contributed by atoms with Crippen LogP contribution in [-0.2, 0) is 6.54 Å². The lowest BCUT2D eigenvalue weighted by atomic mass is 10.2. The fourth-order valence-electron chi connectivity index (χ4n) is 0.917. The molecule has 0 unspecified atom stereocenters. The Bertz CT molecular complexity index is 236. The van der Waals surface area contributed by atoms with Crippen molar-refractivity contribution in [2.75, 3.05) is 0 Å². The fraction of sp³-hybridized carbons (Fsp3) is 0.167. The third-order valence-electron chi connectivity index (χ3n) is 1.41. The van der Waals surface area contributed by atoms with Crippen molar-refractivity contribution in [1.82, 2.24) is 15.5 Å². The van der Waals surface area contributed by atoms with Gasteiger partial charge in [-0.25, -0.2) is 0 Å². The summed E-state index contributed by atoms with van der Waals surface area (Å²) in [5.41, 5.74) is 2.35. The zero-order chi connectivity index (χ0) is 6.10. The first-order valence-corrected chi connectivity index (χ1v) is 2.89. The number of rotatable bonds is 0. The number of H-pyrrole nitrogens is 1. The first-order chi connectivity index (χ1) is 4.47. The van der Waals surface area contributed by atoms with Crippen molar-refractivity contribution in [3.05, 3.63) is 23.7 Å². The molecule has 9 heavy (non-hydrogen) atoms. The van der Waals surface area contributed by atoms with Crippen molar-refractivity contribution in [1.29, 1.82) is 0 Å². The molecule has 0 aromatic carbocycles. The van der Waals surface area contributed by atoms with Gasteiger partial charge in [-0.15, -0.1) is 0 Å². The highest BCUT2D eigenvalue weighted by Gasteiger charge is 2.02. The summed E-state index contributed by atoms with van der Waals surface area (Å²) in [4.78, 5) is 0. The third-order valence-corrected chi connectivity index (χ3v) is 1.41. The van der Waals surface area contributed by atoms with E-state index in [2.05, 4.69) is 15.5 Å². The van der Waals surface area contributed by atoms with E-state index >= 15 is 0 Å². The van der Waals surface area contributed by atoms with Gasteiger partial charge in [-0.1, -0.05) is 0 Å². The minimum Gasteiger partial charge on any atom is -0.387 e. The molecule has 2 heterocycles. The van der Waals surface area contributed by atoms with E-state index in [-0.39, 0.29) is 0 Å². The lowest BCUT2D eigenvalue weighted by Gasteiger charge is -2.03. The van der Waals surface area contributed by atoms with Gasteiger partial charge in [0, 0.05) is 12.1 Å². The van der Waals surface area contributed by atoms with Gasteiger partial charge in [0.2, 0.25) is 0 Å². The van der Waals surface area contributed by atoms with E-state index in [4.69, 9.17) is 0 Å². The third kappa shape index (κ3) is 0.614. The molecular weight excluding hydrogens is 114 g/mol. The molecule has 0 fully saturated rings. The normalized spacial score (nSPS) is 14.7. The minimum absolute atomic E-state index is 0.891. The Kier molecular flexibility index (Phi) is 0.828. The first-order valence-electron chi connectivity index (χ1n) is 2.89. The average Bonchev–Trinajstić information content (AvgIpc) is 2.33. The van der Waals surface area contributed by atoms with Crippen LogP contribution >= 0.6 is 0 Å². The highest BCUT2D eigenvalue weighted by Crippen LogP contribution is 2.08. The Morgan fingerprint density at radius 3 is 3.44 bits per heavy atom. The smallest absolute Gasteiger partial charge is 0.0642 e. The standard InChI is InChI=1S/C6H7N3/c1-2-7-3-5-4-8-9-6(1)5/h1-2,4,7H,3H2,(H,8,9). The maximum atomic E-state index is 3.89. The molecule has 0 radical (unpaired) electrons. The van der Waals surface area contributed by atoms with Gasteiger partial charge in [0.1, 0.15) is 0 Å². The van der Waals surface area contributed by atoms with Gasteiger partial charge in [-0.2, -0.15) is 5.10 Å². The lowest BCUT2D eigenvalue weighted by molar-refractivity contribution is 0.859. The second kappa shape index (κ2) is 1.62. The van der Waals surface area contributed by atoms with Crippen LogP contribution in [0.1, 0.15) is 11.3 Å². The molecule has 1 aliphatic heterocycles. The molecule has 0 spiro atoms. The van der Waals surface area contributed by atoms with Crippen molar-refractivity contribution in [3.63, 3.8) is 0 Å². The van der Waals surface area contributed by atoms with Gasteiger partial charge in [0.15, 0.2) is 0 Å². The number of aromatic nitrogens is 2. The van der Waals surface area contributed by atoms with Gasteiger partial charge in [-0.3, -0.25) is 5.10 Å². The zero-order valence-corrected chi connectivity index (χ0v) is 4.89. The summed E-state index contributed by atoms with van der Waals surface area (Å²) in [6.07, 6.45) is 5.73. The molecule has 3 nitrogen and oxygen atoms in total. The van der Waals surface area contributed by atoms with Gasteiger partial charge in [-0.05, 0) is 12.3 Å². The average molecular weight is 121 g/mol. The summed E-state index contributed by atoms with van der Waals surface area (Å²) in [6, 6.07) is 0. The minimum atomic E-state index is 0.891. The van der Waals surface area contributed by atoms with E-state index < -0.39 is 0 Å². The summed E-state index contributed by atoms with van der Waals surface area (Å²) < 4.78 is 0. The Morgan fingerprint density at radius 2 is 2.56 bits per heavy atom. The van der Waals surface area contributed by atoms with Crippen molar-refractivity contribution in [2.24, 2.45) is 0 Å². The van der Waals surface area contributed by atoms with Crippen LogP contribution in [0.25, 0.3) is 6.08 Å². The van der Waals surface area contributed by atoms with E-state index in [1.807, 2.05) is 18.5 Å². The largest absolute Gasteiger partial charge is 0.387 e. The maximum absolute atomic E-state index is 3.89. The van der Waals surface area contributed by atoms with Crippen molar-refractivity contribution in [3.8, 4) is 0 Å². The Balaban J connectivity index is 2.53. The van der Waals surface area contributed by atoms with Gasteiger partial charge in [0.05, 0.1) is 11.9 Å². The van der Waals surface area contributed by atoms with Crippen molar-refractivity contribution in [2.45, 2.75) is 6.54 Å². The number of nitrogens with zero attached hydrogens (tertiary/aromatic N) is 1. The molecule has 2 rings (SSSR count). The molecule has 0 aliphatic carbocycles. The number of fused-ring (bicyclic) bond motifs is 1. The van der Waals surface area contributed by atoms with Crippen LogP contribution < -0.4 is 5.32 Å². The van der Waals surface area contributed by atoms with E-state index in [9.17, 15) is 0 Å². The van der Waals surface area contributed by atoms with E-state index in [0.717, 1.165) is 12.2 Å². The Hall–Kier alpha value is -1.25. The van der Waals surface area contributed by atoms with Gasteiger partial charge >= 0.3 is 0 Å². The van der Waals surface area contributed by atoms with Crippen LogP contribution in [0.3, 0.4) is 0 Å². The Morgan fingerprint density at radius 1 is 1.56 bits per heavy atom. The van der Waals surface area contributed by atoms with Gasteiger partial charge in [0.25, 0.3) is 0 Å². The van der Waals surface area contributed by atoms with E-state index in [1.54, 1.807) is 0 Å². The molecular formula is C6H7N3. The SMILES string of the molecule is C1=Cc2[nH]ncc2CN1. The molecule has 0 bridgehead atoms. The van der Waals surface area contributed by atoms with E-state index in [1.165, 1.54) is 5.56 Å². The summed E-state index contributed by atoms with van der Waals surface area (Å²) >= 11 is 0. The van der Waals surface area contributed by atoms with Gasteiger partial charge < -0.3 is 5.32 Å². The topological polar surface area (TPSA) is 40.7 Å². The van der Waals surface area contributed by atoms with Crippen LogP contribution in [-0.4, -0.2) is 10.2 Å². The first kappa shape index (κ1) is 4.61. The molecule has 0 saturated carbocycles. The highest BCUT2D eigenvalue weighted by molar-refractivity contribution is 5.50. The molecule has 0 atom stereocenters. The molecule has 1 aliphatic rings. The molecule has 3 heteroatoms. The monoisotopic (exact) mass is 121 g/mol. The second-order valence-electron chi connectivity index (χ2n) is 2.02. The summed E-state index contributed by atoms with van der Waals surface area (Å²) in [6.45, 7) is 0.891. The molecule has 2 N–H and O–H groups in total. The number of nitrogens with one attached hydrogen (secondary N) is 2. The van der Waals surface area contributed by atoms with Crippen LogP contribution in [0.4, 0.5) is 0 Å². The summed E-state index contributed by atoms with van der Waals surface area (Å²) in [5, 5.41) is 9.85. The molecule has 1 aromatic rings. The van der Waals surface area contributed by atoms with Crippen LogP contribution in [0.15, 0.2) is 12.4 Å². The molecule has 46 valence electrons. The van der Waals surface area contributed by atoms with Crippen LogP contribution in [0.5, 0.6) is 0 Å². The predicted molar refractivity (Wildman–Crippen MR) is 34.5 cm³/mol. The quantitative estimate of drug-likeness (QED) is 0.524. The maximum Gasteiger partial charge on any atom is 0.0642 e. The van der Waals surface area contributed by atoms with Crippen LogP contribution in [0.2, 0.25) is 0 Å². The second-order valence-corrected chi connectivity index (χ2v) is 2.02.